The van der Waals surface area contributed by atoms with Gasteiger partial charge in [0, 0.05) is 11.7 Å². The number of hydrogen-bond acceptors (Lipinski definition) is 2. The third kappa shape index (κ3) is 5.72. The van der Waals surface area contributed by atoms with E-state index in [4.69, 9.17) is 5.11 Å². The Kier molecular flexibility index (Phi) is 5.17. The van der Waals surface area contributed by atoms with Gasteiger partial charge in [0.15, 0.2) is 0 Å². The summed E-state index contributed by atoms with van der Waals surface area (Å²) < 4.78 is 36.4. The van der Waals surface area contributed by atoms with Crippen molar-refractivity contribution >= 4 is 17.7 Å². The third-order valence-corrected chi connectivity index (χ3v) is 2.64. The van der Waals surface area contributed by atoms with Crippen molar-refractivity contribution in [2.24, 2.45) is 0 Å². The standard InChI is InChI=1S/C13H15F3N2O3/c1-7-3-4-9(5-10(7)11(19)20)18-12(21)17-8(2)6-13(14,15)16/h3-5,8H,6H2,1-2H3,(H,19,20)(H2,17,18,21). The summed E-state index contributed by atoms with van der Waals surface area (Å²) >= 11 is 0. The van der Waals surface area contributed by atoms with Gasteiger partial charge >= 0.3 is 18.2 Å². The molecule has 0 fully saturated rings. The minimum Gasteiger partial charge on any atom is -0.478 e. The average molecular weight is 304 g/mol. The number of hydrogen-bond donors (Lipinski definition) is 3. The van der Waals surface area contributed by atoms with Crippen LogP contribution in [0.4, 0.5) is 23.7 Å². The van der Waals surface area contributed by atoms with E-state index in [9.17, 15) is 22.8 Å². The third-order valence-electron chi connectivity index (χ3n) is 2.64. The molecule has 1 aromatic rings. The zero-order chi connectivity index (χ0) is 16.2. The Hall–Kier alpha value is -2.25. The normalized spacial score (nSPS) is 12.6. The van der Waals surface area contributed by atoms with Crippen molar-refractivity contribution in [2.75, 3.05) is 5.32 Å². The van der Waals surface area contributed by atoms with Crippen LogP contribution in [0.15, 0.2) is 18.2 Å². The molecule has 116 valence electrons. The van der Waals surface area contributed by atoms with Gasteiger partial charge in [-0.25, -0.2) is 9.59 Å². The molecule has 0 spiro atoms. The van der Waals surface area contributed by atoms with Gasteiger partial charge in [-0.3, -0.25) is 0 Å². The van der Waals surface area contributed by atoms with Crippen molar-refractivity contribution in [2.45, 2.75) is 32.5 Å². The van der Waals surface area contributed by atoms with E-state index in [0.717, 1.165) is 0 Å². The first kappa shape index (κ1) is 16.8. The Balaban J connectivity index is 2.67. The highest BCUT2D eigenvalue weighted by atomic mass is 19.4. The molecule has 0 saturated carbocycles. The number of aromatic carboxylic acids is 1. The number of benzene rings is 1. The second-order valence-corrected chi connectivity index (χ2v) is 4.65. The van der Waals surface area contributed by atoms with Crippen molar-refractivity contribution in [3.63, 3.8) is 0 Å². The lowest BCUT2D eigenvalue weighted by Gasteiger charge is -2.16. The van der Waals surface area contributed by atoms with Gasteiger partial charge in [-0.05, 0) is 31.5 Å². The lowest BCUT2D eigenvalue weighted by Crippen LogP contribution is -2.38. The van der Waals surface area contributed by atoms with Gasteiger partial charge in [0.05, 0.1) is 12.0 Å². The molecule has 0 aliphatic carbocycles. The van der Waals surface area contributed by atoms with Crippen LogP contribution in [-0.2, 0) is 0 Å². The summed E-state index contributed by atoms with van der Waals surface area (Å²) in [5, 5.41) is 13.4. The molecule has 1 unspecified atom stereocenters. The van der Waals surface area contributed by atoms with E-state index in [1.54, 1.807) is 6.92 Å². The molecule has 2 amide bonds. The molecule has 0 heterocycles. The fraction of sp³-hybridized carbons (Fsp3) is 0.385. The van der Waals surface area contributed by atoms with E-state index < -0.39 is 30.6 Å². The Morgan fingerprint density at radius 2 is 1.95 bits per heavy atom. The minimum atomic E-state index is -4.37. The Bertz CT molecular complexity index is 544. The Morgan fingerprint density at radius 3 is 2.48 bits per heavy atom. The molecule has 0 bridgehead atoms. The number of carboxylic acids is 1. The molecular formula is C13H15F3N2O3. The van der Waals surface area contributed by atoms with E-state index in [-0.39, 0.29) is 11.3 Å². The van der Waals surface area contributed by atoms with Crippen LogP contribution in [0.1, 0.15) is 29.3 Å². The maximum Gasteiger partial charge on any atom is 0.391 e. The van der Waals surface area contributed by atoms with Crippen molar-refractivity contribution in [3.05, 3.63) is 29.3 Å². The van der Waals surface area contributed by atoms with Gasteiger partial charge in [0.25, 0.3) is 0 Å². The summed E-state index contributed by atoms with van der Waals surface area (Å²) in [7, 11) is 0. The predicted molar refractivity (Wildman–Crippen MR) is 70.4 cm³/mol. The fourth-order valence-corrected chi connectivity index (χ4v) is 1.72. The van der Waals surface area contributed by atoms with Gasteiger partial charge in [-0.2, -0.15) is 13.2 Å². The first-order valence-electron chi connectivity index (χ1n) is 6.06. The highest BCUT2D eigenvalue weighted by Crippen LogP contribution is 2.21. The average Bonchev–Trinajstić information content (AvgIpc) is 2.28. The van der Waals surface area contributed by atoms with E-state index in [2.05, 4.69) is 10.6 Å². The highest BCUT2D eigenvalue weighted by molar-refractivity contribution is 5.94. The second kappa shape index (κ2) is 6.47. The van der Waals surface area contributed by atoms with Crippen LogP contribution in [0, 0.1) is 6.92 Å². The molecular weight excluding hydrogens is 289 g/mol. The number of urea groups is 1. The molecule has 1 aromatic carbocycles. The fourth-order valence-electron chi connectivity index (χ4n) is 1.72. The molecule has 0 radical (unpaired) electrons. The lowest BCUT2D eigenvalue weighted by atomic mass is 10.1. The number of carbonyl (C=O) groups is 2. The van der Waals surface area contributed by atoms with Crippen molar-refractivity contribution in [3.8, 4) is 0 Å². The number of carboxylic acid groups (broad SMARTS) is 1. The molecule has 8 heteroatoms. The molecule has 0 aliphatic rings. The van der Waals surface area contributed by atoms with E-state index in [0.29, 0.717) is 5.56 Å². The number of halogens is 3. The van der Waals surface area contributed by atoms with Gasteiger partial charge in [-0.1, -0.05) is 6.07 Å². The summed E-state index contributed by atoms with van der Waals surface area (Å²) in [6, 6.07) is 2.29. The maximum absolute atomic E-state index is 12.1. The SMILES string of the molecule is Cc1ccc(NC(=O)NC(C)CC(F)(F)F)cc1C(=O)O. The van der Waals surface area contributed by atoms with Gasteiger partial charge in [0.2, 0.25) is 0 Å². The van der Waals surface area contributed by atoms with E-state index >= 15 is 0 Å². The van der Waals surface area contributed by atoms with E-state index in [1.807, 2.05) is 0 Å². The predicted octanol–water partition coefficient (Wildman–Crippen LogP) is 3.16. The van der Waals surface area contributed by atoms with Crippen LogP contribution in [0.5, 0.6) is 0 Å². The maximum atomic E-state index is 12.1. The topological polar surface area (TPSA) is 78.4 Å². The second-order valence-electron chi connectivity index (χ2n) is 4.65. The van der Waals surface area contributed by atoms with Gasteiger partial charge in [-0.15, -0.1) is 0 Å². The highest BCUT2D eigenvalue weighted by Gasteiger charge is 2.30. The first-order chi connectivity index (χ1) is 9.58. The van der Waals surface area contributed by atoms with Crippen molar-refractivity contribution in [1.29, 1.82) is 0 Å². The number of aryl methyl sites for hydroxylation is 1. The van der Waals surface area contributed by atoms with Crippen LogP contribution in [0.3, 0.4) is 0 Å². The minimum absolute atomic E-state index is 0.0103. The molecule has 0 saturated heterocycles. The molecule has 1 rings (SSSR count). The number of amides is 2. The Labute approximate surface area is 119 Å². The summed E-state index contributed by atoms with van der Waals surface area (Å²) in [4.78, 5) is 22.5. The largest absolute Gasteiger partial charge is 0.478 e. The first-order valence-corrected chi connectivity index (χ1v) is 6.06. The Morgan fingerprint density at radius 1 is 1.33 bits per heavy atom. The molecule has 3 N–H and O–H groups in total. The smallest absolute Gasteiger partial charge is 0.391 e. The number of anilines is 1. The van der Waals surface area contributed by atoms with Crippen LogP contribution in [0.2, 0.25) is 0 Å². The molecule has 0 aromatic heterocycles. The number of carbonyl (C=O) groups excluding carboxylic acids is 1. The monoisotopic (exact) mass is 304 g/mol. The van der Waals surface area contributed by atoms with E-state index in [1.165, 1.54) is 25.1 Å². The summed E-state index contributed by atoms with van der Waals surface area (Å²) in [6.07, 6.45) is -5.51. The van der Waals surface area contributed by atoms with Crippen LogP contribution >= 0.6 is 0 Å². The molecule has 21 heavy (non-hydrogen) atoms. The zero-order valence-electron chi connectivity index (χ0n) is 11.4. The quantitative estimate of drug-likeness (QED) is 0.799. The van der Waals surface area contributed by atoms with Gasteiger partial charge in [0.1, 0.15) is 0 Å². The number of nitrogens with one attached hydrogen (secondary N) is 2. The number of rotatable bonds is 4. The van der Waals surface area contributed by atoms with Gasteiger partial charge < -0.3 is 15.7 Å². The summed E-state index contributed by atoms with van der Waals surface area (Å²) in [5.74, 6) is -1.15. The van der Waals surface area contributed by atoms with Crippen LogP contribution in [0.25, 0.3) is 0 Å². The summed E-state index contributed by atoms with van der Waals surface area (Å²) in [6.45, 7) is 2.82. The molecule has 5 nitrogen and oxygen atoms in total. The van der Waals surface area contributed by atoms with Crippen LogP contribution < -0.4 is 10.6 Å². The van der Waals surface area contributed by atoms with Crippen molar-refractivity contribution in [1.82, 2.24) is 5.32 Å². The lowest BCUT2D eigenvalue weighted by molar-refractivity contribution is -0.138. The molecule has 1 atom stereocenters. The number of alkyl halides is 3. The van der Waals surface area contributed by atoms with Crippen LogP contribution in [-0.4, -0.2) is 29.3 Å². The molecule has 0 aliphatic heterocycles. The summed E-state index contributed by atoms with van der Waals surface area (Å²) in [5.41, 5.74) is 0.713. The van der Waals surface area contributed by atoms with Crippen molar-refractivity contribution < 1.29 is 27.9 Å². The zero-order valence-corrected chi connectivity index (χ0v) is 11.4.